The van der Waals surface area contributed by atoms with Crippen LogP contribution in [0.2, 0.25) is 0 Å². The summed E-state index contributed by atoms with van der Waals surface area (Å²) in [5.74, 6) is 0.426. The summed E-state index contributed by atoms with van der Waals surface area (Å²) < 4.78 is 6.22. The van der Waals surface area contributed by atoms with Gasteiger partial charge >= 0.3 is 0 Å². The third-order valence-electron chi connectivity index (χ3n) is 3.54. The van der Waals surface area contributed by atoms with Gasteiger partial charge in [-0.1, -0.05) is 6.92 Å². The average molecular weight is 279 g/mol. The lowest BCUT2D eigenvalue weighted by Gasteiger charge is -2.30. The van der Waals surface area contributed by atoms with Crippen LogP contribution >= 0.6 is 0 Å². The lowest BCUT2D eigenvalue weighted by molar-refractivity contribution is 0.0673. The summed E-state index contributed by atoms with van der Waals surface area (Å²) in [5.41, 5.74) is 0.111. The Balaban J connectivity index is 2.15. The van der Waals surface area contributed by atoms with Crippen LogP contribution in [0.3, 0.4) is 0 Å². The van der Waals surface area contributed by atoms with Crippen LogP contribution in [-0.4, -0.2) is 47.4 Å². The minimum atomic E-state index is -0.217. The largest absolute Gasteiger partial charge is 0.383 e. The Morgan fingerprint density at radius 1 is 1.50 bits per heavy atom. The zero-order valence-corrected chi connectivity index (χ0v) is 12.0. The highest BCUT2D eigenvalue weighted by atomic mass is 16.5. The summed E-state index contributed by atoms with van der Waals surface area (Å²) in [4.78, 5) is 25.9. The normalized spacial score (nSPS) is 19.1. The van der Waals surface area contributed by atoms with E-state index in [0.717, 1.165) is 25.9 Å². The molecule has 6 nitrogen and oxygen atoms in total. The molecular weight excluding hydrogens is 258 g/mol. The second kappa shape index (κ2) is 6.65. The first-order valence-electron chi connectivity index (χ1n) is 6.98. The molecule has 2 rings (SSSR count). The Morgan fingerprint density at radius 2 is 2.30 bits per heavy atom. The third kappa shape index (κ3) is 3.45. The van der Waals surface area contributed by atoms with Crippen molar-refractivity contribution >= 4 is 5.91 Å². The molecule has 1 aliphatic heterocycles. The molecule has 1 saturated heterocycles. The molecule has 0 N–H and O–H groups in total. The first kappa shape index (κ1) is 14.7. The Hall–Kier alpha value is -1.69. The van der Waals surface area contributed by atoms with E-state index in [1.165, 1.54) is 16.8 Å². The van der Waals surface area contributed by atoms with Crippen LogP contribution < -0.4 is 5.56 Å². The molecule has 20 heavy (non-hydrogen) atoms. The van der Waals surface area contributed by atoms with E-state index in [1.807, 2.05) is 4.90 Å². The van der Waals surface area contributed by atoms with Gasteiger partial charge < -0.3 is 9.64 Å². The van der Waals surface area contributed by atoms with E-state index in [9.17, 15) is 9.59 Å². The number of nitrogens with zero attached hydrogens (tertiary/aromatic N) is 3. The number of rotatable bonds is 4. The predicted molar refractivity (Wildman–Crippen MR) is 74.7 cm³/mol. The number of methoxy groups -OCH3 is 1. The zero-order valence-electron chi connectivity index (χ0n) is 12.0. The van der Waals surface area contributed by atoms with Crippen LogP contribution in [0.25, 0.3) is 0 Å². The molecule has 0 bridgehead atoms. The second-order valence-corrected chi connectivity index (χ2v) is 5.27. The maximum atomic E-state index is 12.4. The second-order valence-electron chi connectivity index (χ2n) is 5.27. The summed E-state index contributed by atoms with van der Waals surface area (Å²) in [7, 11) is 1.56. The number of aromatic nitrogens is 2. The number of carbonyl (C=O) groups excluding carboxylic acids is 1. The van der Waals surface area contributed by atoms with Gasteiger partial charge in [-0.3, -0.25) is 9.59 Å². The molecule has 0 aromatic carbocycles. The van der Waals surface area contributed by atoms with Gasteiger partial charge in [-0.2, -0.15) is 5.10 Å². The van der Waals surface area contributed by atoms with Crippen molar-refractivity contribution in [1.82, 2.24) is 14.7 Å². The van der Waals surface area contributed by atoms with Crippen molar-refractivity contribution in [3.05, 3.63) is 28.2 Å². The number of hydrogen-bond acceptors (Lipinski definition) is 4. The molecule has 2 heterocycles. The number of ether oxygens (including phenoxy) is 1. The summed E-state index contributed by atoms with van der Waals surface area (Å²) in [6, 6.07) is 2.90. The summed E-state index contributed by atoms with van der Waals surface area (Å²) in [6.07, 6.45) is 2.18. The van der Waals surface area contributed by atoms with E-state index < -0.39 is 0 Å². The molecule has 0 radical (unpaired) electrons. The van der Waals surface area contributed by atoms with Gasteiger partial charge in [-0.25, -0.2) is 4.68 Å². The first-order chi connectivity index (χ1) is 9.61. The minimum Gasteiger partial charge on any atom is -0.383 e. The average Bonchev–Trinajstić information content (AvgIpc) is 2.45. The van der Waals surface area contributed by atoms with Crippen molar-refractivity contribution in [2.75, 3.05) is 26.8 Å². The molecule has 1 aromatic rings. The van der Waals surface area contributed by atoms with E-state index in [1.54, 1.807) is 7.11 Å². The van der Waals surface area contributed by atoms with Crippen molar-refractivity contribution in [3.63, 3.8) is 0 Å². The van der Waals surface area contributed by atoms with E-state index >= 15 is 0 Å². The molecule has 6 heteroatoms. The predicted octanol–water partition coefficient (Wildman–Crippen LogP) is 0.762. The Bertz CT molecular complexity index is 527. The quantitative estimate of drug-likeness (QED) is 0.816. The van der Waals surface area contributed by atoms with Crippen molar-refractivity contribution in [3.8, 4) is 0 Å². The first-order valence-corrected chi connectivity index (χ1v) is 6.98. The molecule has 1 aliphatic rings. The summed E-state index contributed by atoms with van der Waals surface area (Å²) in [6.45, 7) is 4.42. The number of carbonyl (C=O) groups is 1. The maximum absolute atomic E-state index is 12.4. The van der Waals surface area contributed by atoms with E-state index in [-0.39, 0.29) is 11.5 Å². The Kier molecular flexibility index (Phi) is 4.89. The zero-order chi connectivity index (χ0) is 14.5. The third-order valence-corrected chi connectivity index (χ3v) is 3.54. The molecule has 1 amide bonds. The van der Waals surface area contributed by atoms with Crippen LogP contribution in [0, 0.1) is 5.92 Å². The molecule has 1 fully saturated rings. The van der Waals surface area contributed by atoms with Crippen molar-refractivity contribution in [1.29, 1.82) is 0 Å². The Morgan fingerprint density at radius 3 is 3.00 bits per heavy atom. The van der Waals surface area contributed by atoms with Crippen molar-refractivity contribution in [2.45, 2.75) is 26.3 Å². The fraction of sp³-hybridized carbons (Fsp3) is 0.643. The summed E-state index contributed by atoms with van der Waals surface area (Å²) >= 11 is 0. The molecule has 0 unspecified atom stereocenters. The van der Waals surface area contributed by atoms with Gasteiger partial charge in [0.25, 0.3) is 11.5 Å². The number of hydrogen-bond donors (Lipinski definition) is 0. The van der Waals surface area contributed by atoms with E-state index in [4.69, 9.17) is 4.74 Å². The highest BCUT2D eigenvalue weighted by molar-refractivity contribution is 5.92. The van der Waals surface area contributed by atoms with Gasteiger partial charge in [-0.05, 0) is 24.8 Å². The van der Waals surface area contributed by atoms with Crippen LogP contribution in [0.5, 0.6) is 0 Å². The monoisotopic (exact) mass is 279 g/mol. The van der Waals surface area contributed by atoms with Crippen LogP contribution in [0.15, 0.2) is 16.9 Å². The van der Waals surface area contributed by atoms with Crippen molar-refractivity contribution in [2.24, 2.45) is 5.92 Å². The smallest absolute Gasteiger partial charge is 0.274 e. The van der Waals surface area contributed by atoms with Gasteiger partial charge in [0.15, 0.2) is 0 Å². The highest BCUT2D eigenvalue weighted by Crippen LogP contribution is 2.16. The minimum absolute atomic E-state index is 0.0947. The molecular formula is C14H21N3O3. The lowest BCUT2D eigenvalue weighted by Crippen LogP contribution is -2.40. The molecule has 110 valence electrons. The van der Waals surface area contributed by atoms with Crippen LogP contribution in [0.1, 0.15) is 30.3 Å². The lowest BCUT2D eigenvalue weighted by atomic mass is 10.00. The van der Waals surface area contributed by atoms with Gasteiger partial charge in [0.1, 0.15) is 5.69 Å². The molecule has 0 spiro atoms. The molecule has 1 aromatic heterocycles. The van der Waals surface area contributed by atoms with E-state index in [0.29, 0.717) is 24.8 Å². The SMILES string of the molecule is COCCn1nc(C(=O)N2CCC[C@@H](C)C2)ccc1=O. The maximum Gasteiger partial charge on any atom is 0.274 e. The molecule has 0 saturated carbocycles. The fourth-order valence-corrected chi connectivity index (χ4v) is 2.44. The topological polar surface area (TPSA) is 64.4 Å². The standard InChI is InChI=1S/C14H21N3O3/c1-11-4-3-7-16(10-11)14(19)12-5-6-13(18)17(15-12)8-9-20-2/h5-6,11H,3-4,7-10H2,1-2H3/t11-/m1/s1. The van der Waals surface area contributed by atoms with Gasteiger partial charge in [-0.15, -0.1) is 0 Å². The Labute approximate surface area is 118 Å². The van der Waals surface area contributed by atoms with Gasteiger partial charge in [0.2, 0.25) is 0 Å². The highest BCUT2D eigenvalue weighted by Gasteiger charge is 2.23. The fourth-order valence-electron chi connectivity index (χ4n) is 2.44. The number of amides is 1. The molecule has 0 aliphatic carbocycles. The number of likely N-dealkylation sites (tertiary alicyclic amines) is 1. The number of piperidine rings is 1. The van der Waals surface area contributed by atoms with Crippen LogP contribution in [-0.2, 0) is 11.3 Å². The van der Waals surface area contributed by atoms with Gasteiger partial charge in [0, 0.05) is 26.3 Å². The summed E-state index contributed by atoms with van der Waals surface area (Å²) in [5, 5.41) is 4.14. The van der Waals surface area contributed by atoms with E-state index in [2.05, 4.69) is 12.0 Å². The van der Waals surface area contributed by atoms with Gasteiger partial charge in [0.05, 0.1) is 13.2 Å². The van der Waals surface area contributed by atoms with Crippen molar-refractivity contribution < 1.29 is 9.53 Å². The molecule has 1 atom stereocenters. The van der Waals surface area contributed by atoms with Crippen LogP contribution in [0.4, 0.5) is 0 Å².